The van der Waals surface area contributed by atoms with Crippen molar-refractivity contribution in [1.29, 1.82) is 0 Å². The highest BCUT2D eigenvalue weighted by atomic mass is 16.5. The highest BCUT2D eigenvalue weighted by Crippen LogP contribution is 2.22. The van der Waals surface area contributed by atoms with Crippen molar-refractivity contribution >= 4 is 6.08 Å². The SMILES string of the molecule is CCOc1cc(C)n(-c2ccc3c(c2)/C=C\C/C=C\C3)n1. The van der Waals surface area contributed by atoms with Crippen molar-refractivity contribution < 1.29 is 4.74 Å². The number of benzene rings is 1. The first-order valence-corrected chi connectivity index (χ1v) is 7.42. The van der Waals surface area contributed by atoms with Crippen LogP contribution >= 0.6 is 0 Å². The van der Waals surface area contributed by atoms with Gasteiger partial charge in [-0.15, -0.1) is 5.10 Å². The number of hydrogen-bond donors (Lipinski definition) is 0. The Morgan fingerprint density at radius 1 is 1.19 bits per heavy atom. The van der Waals surface area contributed by atoms with Crippen LogP contribution in [0.2, 0.25) is 0 Å². The van der Waals surface area contributed by atoms with E-state index in [0.29, 0.717) is 12.5 Å². The van der Waals surface area contributed by atoms with E-state index < -0.39 is 0 Å². The van der Waals surface area contributed by atoms with Crippen LogP contribution in [0.1, 0.15) is 30.2 Å². The zero-order valence-corrected chi connectivity index (χ0v) is 12.5. The third-order valence-corrected chi connectivity index (χ3v) is 3.61. The summed E-state index contributed by atoms with van der Waals surface area (Å²) in [5.41, 5.74) is 4.77. The van der Waals surface area contributed by atoms with Gasteiger partial charge in [0.05, 0.1) is 12.3 Å². The molecular formula is C18H20N2O. The van der Waals surface area contributed by atoms with Gasteiger partial charge < -0.3 is 4.74 Å². The van der Waals surface area contributed by atoms with Crippen LogP contribution in [-0.4, -0.2) is 16.4 Å². The lowest BCUT2D eigenvalue weighted by Gasteiger charge is -2.10. The van der Waals surface area contributed by atoms with Gasteiger partial charge >= 0.3 is 0 Å². The first kappa shape index (κ1) is 13.7. The van der Waals surface area contributed by atoms with Crippen LogP contribution in [0.15, 0.2) is 42.5 Å². The van der Waals surface area contributed by atoms with E-state index in [1.807, 2.05) is 24.6 Å². The van der Waals surface area contributed by atoms with Gasteiger partial charge in [-0.1, -0.05) is 30.4 Å². The summed E-state index contributed by atoms with van der Waals surface area (Å²) in [6.07, 6.45) is 10.8. The van der Waals surface area contributed by atoms with Crippen LogP contribution in [0.4, 0.5) is 0 Å². The summed E-state index contributed by atoms with van der Waals surface area (Å²) in [7, 11) is 0. The van der Waals surface area contributed by atoms with Crippen molar-refractivity contribution in [2.24, 2.45) is 0 Å². The van der Waals surface area contributed by atoms with Gasteiger partial charge in [-0.2, -0.15) is 0 Å². The fourth-order valence-electron chi connectivity index (χ4n) is 2.56. The summed E-state index contributed by atoms with van der Waals surface area (Å²) in [6, 6.07) is 8.48. The standard InChI is InChI=1S/C18H20N2O/c1-3-21-18-12-14(2)20(19-18)17-11-10-15-8-6-4-5-7-9-16(15)13-17/h4,6-7,9-13H,3,5,8H2,1-2H3/b6-4-,9-7-. The average molecular weight is 280 g/mol. The maximum Gasteiger partial charge on any atom is 0.233 e. The number of allylic oxidation sites excluding steroid dienone is 3. The van der Waals surface area contributed by atoms with Crippen LogP contribution in [0.5, 0.6) is 5.88 Å². The number of aryl methyl sites for hydroxylation is 1. The van der Waals surface area contributed by atoms with E-state index >= 15 is 0 Å². The molecule has 0 atom stereocenters. The number of aromatic nitrogens is 2. The van der Waals surface area contributed by atoms with Gasteiger partial charge in [-0.3, -0.25) is 0 Å². The Kier molecular flexibility index (Phi) is 3.91. The van der Waals surface area contributed by atoms with Crippen LogP contribution < -0.4 is 4.74 Å². The number of hydrogen-bond acceptors (Lipinski definition) is 2. The third kappa shape index (κ3) is 2.92. The van der Waals surface area contributed by atoms with Gasteiger partial charge in [-0.05, 0) is 49.9 Å². The molecule has 3 rings (SSSR count). The van der Waals surface area contributed by atoms with E-state index in [-0.39, 0.29) is 0 Å². The number of nitrogens with zero attached hydrogens (tertiary/aromatic N) is 2. The first-order valence-electron chi connectivity index (χ1n) is 7.42. The molecule has 0 amide bonds. The molecule has 1 aliphatic carbocycles. The molecule has 0 aliphatic heterocycles. The van der Waals surface area contributed by atoms with Crippen molar-refractivity contribution in [1.82, 2.24) is 9.78 Å². The van der Waals surface area contributed by atoms with Crippen molar-refractivity contribution in [3.63, 3.8) is 0 Å². The second-order valence-electron chi connectivity index (χ2n) is 5.17. The molecule has 3 heteroatoms. The van der Waals surface area contributed by atoms with Gasteiger partial charge in [0.1, 0.15) is 0 Å². The van der Waals surface area contributed by atoms with E-state index in [1.54, 1.807) is 0 Å². The van der Waals surface area contributed by atoms with Crippen molar-refractivity contribution in [3.05, 3.63) is 59.3 Å². The van der Waals surface area contributed by atoms with Gasteiger partial charge in [0.2, 0.25) is 5.88 Å². The molecule has 21 heavy (non-hydrogen) atoms. The predicted octanol–water partition coefficient (Wildman–Crippen LogP) is 4.10. The number of fused-ring (bicyclic) bond motifs is 1. The monoisotopic (exact) mass is 280 g/mol. The Morgan fingerprint density at radius 3 is 2.95 bits per heavy atom. The summed E-state index contributed by atoms with van der Waals surface area (Å²) in [5, 5.41) is 4.52. The van der Waals surface area contributed by atoms with Crippen LogP contribution in [0, 0.1) is 6.92 Å². The minimum Gasteiger partial charge on any atom is -0.477 e. The molecule has 108 valence electrons. The van der Waals surface area contributed by atoms with Gasteiger partial charge in [-0.25, -0.2) is 4.68 Å². The maximum atomic E-state index is 5.48. The summed E-state index contributed by atoms with van der Waals surface area (Å²) in [5.74, 6) is 0.681. The smallest absolute Gasteiger partial charge is 0.233 e. The summed E-state index contributed by atoms with van der Waals surface area (Å²) < 4.78 is 7.42. The zero-order valence-electron chi connectivity index (χ0n) is 12.5. The summed E-state index contributed by atoms with van der Waals surface area (Å²) >= 11 is 0. The Hall–Kier alpha value is -2.29. The lowest BCUT2D eigenvalue weighted by atomic mass is 10.0. The van der Waals surface area contributed by atoms with Crippen LogP contribution in [0.25, 0.3) is 11.8 Å². The van der Waals surface area contributed by atoms with E-state index in [9.17, 15) is 0 Å². The van der Waals surface area contributed by atoms with E-state index in [4.69, 9.17) is 4.74 Å². The second kappa shape index (κ2) is 6.00. The van der Waals surface area contributed by atoms with E-state index in [2.05, 4.69) is 47.6 Å². The molecule has 0 saturated heterocycles. The van der Waals surface area contributed by atoms with Crippen LogP contribution in [-0.2, 0) is 6.42 Å². The molecule has 0 saturated carbocycles. The molecule has 1 heterocycles. The molecule has 2 aromatic rings. The lowest BCUT2D eigenvalue weighted by Crippen LogP contribution is -2.01. The first-order chi connectivity index (χ1) is 10.3. The van der Waals surface area contributed by atoms with Crippen LogP contribution in [0.3, 0.4) is 0 Å². The zero-order chi connectivity index (χ0) is 14.7. The molecule has 0 fully saturated rings. The van der Waals surface area contributed by atoms with E-state index in [1.165, 1.54) is 11.1 Å². The number of rotatable bonds is 3. The van der Waals surface area contributed by atoms with E-state index in [0.717, 1.165) is 24.2 Å². The highest BCUT2D eigenvalue weighted by Gasteiger charge is 2.09. The molecule has 1 aromatic carbocycles. The Balaban J connectivity index is 2.00. The quantitative estimate of drug-likeness (QED) is 0.792. The molecule has 3 nitrogen and oxygen atoms in total. The topological polar surface area (TPSA) is 27.1 Å². The van der Waals surface area contributed by atoms with Crippen molar-refractivity contribution in [3.8, 4) is 11.6 Å². The van der Waals surface area contributed by atoms with Crippen molar-refractivity contribution in [2.75, 3.05) is 6.61 Å². The molecule has 0 radical (unpaired) electrons. The normalized spacial score (nSPS) is 16.7. The maximum absolute atomic E-state index is 5.48. The fourth-order valence-corrected chi connectivity index (χ4v) is 2.56. The molecule has 0 spiro atoms. The number of ether oxygens (including phenoxy) is 1. The van der Waals surface area contributed by atoms with Gasteiger partial charge in [0.25, 0.3) is 0 Å². The minimum absolute atomic E-state index is 0.635. The summed E-state index contributed by atoms with van der Waals surface area (Å²) in [6.45, 7) is 4.65. The van der Waals surface area contributed by atoms with Gasteiger partial charge in [0.15, 0.2) is 0 Å². The van der Waals surface area contributed by atoms with Gasteiger partial charge in [0, 0.05) is 11.8 Å². The highest BCUT2D eigenvalue weighted by molar-refractivity contribution is 5.59. The molecule has 0 N–H and O–H groups in total. The molecular weight excluding hydrogens is 260 g/mol. The summed E-state index contributed by atoms with van der Waals surface area (Å²) in [4.78, 5) is 0. The minimum atomic E-state index is 0.635. The fraction of sp³-hybridized carbons (Fsp3) is 0.278. The predicted molar refractivity (Wildman–Crippen MR) is 86.0 cm³/mol. The molecule has 0 bridgehead atoms. The lowest BCUT2D eigenvalue weighted by molar-refractivity contribution is 0.324. The average Bonchev–Trinajstić information content (AvgIpc) is 2.81. The Bertz CT molecular complexity index is 695. The third-order valence-electron chi connectivity index (χ3n) is 3.61. The van der Waals surface area contributed by atoms with Crippen molar-refractivity contribution in [2.45, 2.75) is 26.7 Å². The second-order valence-corrected chi connectivity index (χ2v) is 5.17. The molecule has 1 aromatic heterocycles. The Morgan fingerprint density at radius 2 is 2.10 bits per heavy atom. The largest absolute Gasteiger partial charge is 0.477 e. The molecule has 0 unspecified atom stereocenters. The molecule has 1 aliphatic rings. The Labute approximate surface area is 125 Å².